The number of nitrogens with zero attached hydrogens (tertiary/aromatic N) is 2. The Morgan fingerprint density at radius 1 is 1.33 bits per heavy atom. The summed E-state index contributed by atoms with van der Waals surface area (Å²) in [6.45, 7) is 9.88. The van der Waals surface area contributed by atoms with E-state index in [0.717, 1.165) is 52.0 Å². The van der Waals surface area contributed by atoms with Crippen molar-refractivity contribution in [3.63, 3.8) is 0 Å². The maximum atomic E-state index is 12.2. The summed E-state index contributed by atoms with van der Waals surface area (Å²) in [6, 6.07) is 0. The third-order valence-corrected chi connectivity index (χ3v) is 5.54. The first-order chi connectivity index (χ1) is 10.2. The average Bonchev–Trinajstić information content (AvgIpc) is 3.02. The second-order valence-electron chi connectivity index (χ2n) is 6.90. The van der Waals surface area contributed by atoms with Gasteiger partial charge in [-0.2, -0.15) is 0 Å². The lowest BCUT2D eigenvalue weighted by Crippen LogP contribution is -2.46. The number of ether oxygens (including phenoxy) is 1. The highest BCUT2D eigenvalue weighted by Gasteiger charge is 2.45. The van der Waals surface area contributed by atoms with Crippen molar-refractivity contribution < 1.29 is 9.53 Å². The third-order valence-electron chi connectivity index (χ3n) is 5.54. The quantitative estimate of drug-likeness (QED) is 0.744. The van der Waals surface area contributed by atoms with Crippen LogP contribution in [0.5, 0.6) is 0 Å². The zero-order valence-electron chi connectivity index (χ0n) is 13.1. The highest BCUT2D eigenvalue weighted by Crippen LogP contribution is 2.39. The van der Waals surface area contributed by atoms with Crippen molar-refractivity contribution in [2.24, 2.45) is 5.92 Å². The summed E-state index contributed by atoms with van der Waals surface area (Å²) in [5, 5.41) is 0. The number of hydrogen-bond donors (Lipinski definition) is 0. The molecular formula is C17H28N2O2. The number of carbonyl (C=O) groups excluding carboxylic acids is 1. The van der Waals surface area contributed by atoms with E-state index >= 15 is 0 Å². The zero-order chi connectivity index (χ0) is 14.7. The van der Waals surface area contributed by atoms with Crippen LogP contribution in [0.1, 0.15) is 38.5 Å². The molecule has 21 heavy (non-hydrogen) atoms. The van der Waals surface area contributed by atoms with Gasteiger partial charge in [-0.15, -0.1) is 6.58 Å². The van der Waals surface area contributed by atoms with Crippen molar-refractivity contribution >= 4 is 5.91 Å². The number of likely N-dealkylation sites (tertiary alicyclic amines) is 2. The lowest BCUT2D eigenvalue weighted by Gasteiger charge is -2.37. The first-order valence-electron chi connectivity index (χ1n) is 8.45. The Labute approximate surface area is 128 Å². The predicted molar refractivity (Wildman–Crippen MR) is 83.1 cm³/mol. The molecule has 3 aliphatic rings. The molecule has 0 aromatic carbocycles. The molecule has 118 valence electrons. The lowest BCUT2D eigenvalue weighted by atomic mass is 9.87. The fourth-order valence-corrected chi connectivity index (χ4v) is 4.33. The Bertz CT molecular complexity index is 392. The monoisotopic (exact) mass is 292 g/mol. The zero-order valence-corrected chi connectivity index (χ0v) is 13.1. The molecule has 0 aromatic heterocycles. The van der Waals surface area contributed by atoms with Crippen LogP contribution in [-0.4, -0.2) is 60.6 Å². The van der Waals surface area contributed by atoms with Crippen LogP contribution in [0.4, 0.5) is 0 Å². The molecule has 0 radical (unpaired) electrons. The maximum Gasteiger partial charge on any atom is 0.223 e. The van der Waals surface area contributed by atoms with Gasteiger partial charge in [0.2, 0.25) is 5.91 Å². The highest BCUT2D eigenvalue weighted by molar-refractivity contribution is 5.79. The van der Waals surface area contributed by atoms with Crippen molar-refractivity contribution in [3.8, 4) is 0 Å². The number of hydrogen-bond acceptors (Lipinski definition) is 3. The molecule has 3 fully saturated rings. The third kappa shape index (κ3) is 3.16. The lowest BCUT2D eigenvalue weighted by molar-refractivity contribution is -0.130. The molecule has 0 aliphatic carbocycles. The summed E-state index contributed by atoms with van der Waals surface area (Å²) in [6.07, 6.45) is 8.34. The molecule has 1 spiro atoms. The Morgan fingerprint density at radius 3 is 3.00 bits per heavy atom. The Morgan fingerprint density at radius 2 is 2.24 bits per heavy atom. The first kappa shape index (κ1) is 15.0. The highest BCUT2D eigenvalue weighted by atomic mass is 16.5. The molecule has 1 amide bonds. The van der Waals surface area contributed by atoms with Gasteiger partial charge in [0, 0.05) is 38.2 Å². The van der Waals surface area contributed by atoms with Crippen molar-refractivity contribution in [3.05, 3.63) is 12.7 Å². The van der Waals surface area contributed by atoms with Gasteiger partial charge in [-0.1, -0.05) is 6.08 Å². The maximum absolute atomic E-state index is 12.2. The van der Waals surface area contributed by atoms with E-state index in [1.165, 1.54) is 25.9 Å². The minimum Gasteiger partial charge on any atom is -0.381 e. The van der Waals surface area contributed by atoms with Crippen molar-refractivity contribution in [2.75, 3.05) is 39.4 Å². The van der Waals surface area contributed by atoms with Gasteiger partial charge in [-0.05, 0) is 44.6 Å². The van der Waals surface area contributed by atoms with Gasteiger partial charge in [0.05, 0.1) is 6.61 Å². The Balaban J connectivity index is 1.61. The van der Waals surface area contributed by atoms with Gasteiger partial charge in [0.25, 0.3) is 0 Å². The fraction of sp³-hybridized carbons (Fsp3) is 0.824. The van der Waals surface area contributed by atoms with Gasteiger partial charge in [-0.25, -0.2) is 0 Å². The van der Waals surface area contributed by atoms with Crippen LogP contribution >= 0.6 is 0 Å². The van der Waals surface area contributed by atoms with Crippen LogP contribution in [-0.2, 0) is 9.53 Å². The molecule has 3 aliphatic heterocycles. The molecule has 3 rings (SSSR count). The minimum absolute atomic E-state index is 0.117. The molecule has 3 heterocycles. The smallest absolute Gasteiger partial charge is 0.223 e. The van der Waals surface area contributed by atoms with E-state index in [0.29, 0.717) is 11.8 Å². The normalized spacial score (nSPS) is 34.6. The molecule has 0 aromatic rings. The van der Waals surface area contributed by atoms with Crippen molar-refractivity contribution in [1.29, 1.82) is 0 Å². The summed E-state index contributed by atoms with van der Waals surface area (Å²) in [4.78, 5) is 16.9. The van der Waals surface area contributed by atoms with Gasteiger partial charge in [-0.3, -0.25) is 4.79 Å². The SMILES string of the molecule is C=CCN1C(=O)CC[C@]12CCCN(C[C@@H]1CCOC1)CC2. The largest absolute Gasteiger partial charge is 0.381 e. The average molecular weight is 292 g/mol. The van der Waals surface area contributed by atoms with E-state index in [-0.39, 0.29) is 5.54 Å². The van der Waals surface area contributed by atoms with Crippen LogP contribution in [0.15, 0.2) is 12.7 Å². The van der Waals surface area contributed by atoms with Gasteiger partial charge in [0.15, 0.2) is 0 Å². The first-order valence-corrected chi connectivity index (χ1v) is 8.45. The second-order valence-corrected chi connectivity index (χ2v) is 6.90. The number of carbonyl (C=O) groups is 1. The molecule has 4 nitrogen and oxygen atoms in total. The molecule has 0 N–H and O–H groups in total. The summed E-state index contributed by atoms with van der Waals surface area (Å²) in [5.41, 5.74) is 0.117. The molecule has 0 saturated carbocycles. The van der Waals surface area contributed by atoms with Crippen LogP contribution in [0.3, 0.4) is 0 Å². The Kier molecular flexibility index (Phi) is 4.65. The van der Waals surface area contributed by atoms with Gasteiger partial charge < -0.3 is 14.5 Å². The van der Waals surface area contributed by atoms with E-state index in [2.05, 4.69) is 16.4 Å². The van der Waals surface area contributed by atoms with Crippen molar-refractivity contribution in [2.45, 2.75) is 44.1 Å². The van der Waals surface area contributed by atoms with Crippen LogP contribution < -0.4 is 0 Å². The standard InChI is InChI=1S/C17H28N2O2/c1-2-9-19-16(20)4-7-17(19)6-3-10-18(11-8-17)13-15-5-12-21-14-15/h2,15H,1,3-14H2/t15-,17-/m0/s1. The van der Waals surface area contributed by atoms with E-state index in [1.54, 1.807) is 0 Å². The molecular weight excluding hydrogens is 264 g/mol. The number of amides is 1. The summed E-state index contributed by atoms with van der Waals surface area (Å²) >= 11 is 0. The predicted octanol–water partition coefficient (Wildman–Crippen LogP) is 2.06. The summed E-state index contributed by atoms with van der Waals surface area (Å²) in [7, 11) is 0. The van der Waals surface area contributed by atoms with E-state index in [4.69, 9.17) is 4.74 Å². The summed E-state index contributed by atoms with van der Waals surface area (Å²) in [5.74, 6) is 1.04. The van der Waals surface area contributed by atoms with Gasteiger partial charge >= 0.3 is 0 Å². The van der Waals surface area contributed by atoms with Crippen molar-refractivity contribution in [1.82, 2.24) is 9.80 Å². The van der Waals surface area contributed by atoms with Gasteiger partial charge in [0.1, 0.15) is 0 Å². The summed E-state index contributed by atoms with van der Waals surface area (Å²) < 4.78 is 5.50. The van der Waals surface area contributed by atoms with Crippen LogP contribution in [0.2, 0.25) is 0 Å². The molecule has 4 heteroatoms. The second kappa shape index (κ2) is 6.49. The fourth-order valence-electron chi connectivity index (χ4n) is 4.33. The van der Waals surface area contributed by atoms with Crippen LogP contribution in [0.25, 0.3) is 0 Å². The van der Waals surface area contributed by atoms with E-state index in [1.807, 2.05) is 6.08 Å². The molecule has 2 atom stereocenters. The minimum atomic E-state index is 0.117. The molecule has 3 saturated heterocycles. The molecule has 0 unspecified atom stereocenters. The Hall–Kier alpha value is -0.870. The molecule has 0 bridgehead atoms. The van der Waals surface area contributed by atoms with Crippen LogP contribution in [0, 0.1) is 5.92 Å². The topological polar surface area (TPSA) is 32.8 Å². The number of rotatable bonds is 4. The van der Waals surface area contributed by atoms with E-state index in [9.17, 15) is 4.79 Å². The van der Waals surface area contributed by atoms with E-state index < -0.39 is 0 Å².